The second-order valence-corrected chi connectivity index (χ2v) is 8.24. The summed E-state index contributed by atoms with van der Waals surface area (Å²) in [5.41, 5.74) is 5.11. The Hall–Kier alpha value is -3.83. The van der Waals surface area contributed by atoms with Crippen LogP contribution in [0.4, 0.5) is 11.4 Å². The van der Waals surface area contributed by atoms with E-state index in [-0.39, 0.29) is 0 Å². The van der Waals surface area contributed by atoms with Crippen molar-refractivity contribution in [2.45, 2.75) is 6.54 Å². The van der Waals surface area contributed by atoms with Crippen molar-refractivity contribution < 1.29 is 9.90 Å². The molecule has 0 fully saturated rings. The first-order valence-electron chi connectivity index (χ1n) is 10.00. The summed E-state index contributed by atoms with van der Waals surface area (Å²) in [6, 6.07) is 30.0. The second kappa shape index (κ2) is 8.13. The molecule has 0 aliphatic rings. The molecule has 2 aromatic heterocycles. The molecule has 0 atom stereocenters. The van der Waals surface area contributed by atoms with E-state index in [2.05, 4.69) is 5.32 Å². The number of carbonyl (C=O) groups is 1. The van der Waals surface area contributed by atoms with Gasteiger partial charge >= 0.3 is 5.97 Å². The maximum atomic E-state index is 12.3. The van der Waals surface area contributed by atoms with E-state index in [0.717, 1.165) is 38.3 Å². The zero-order valence-electron chi connectivity index (χ0n) is 16.7. The van der Waals surface area contributed by atoms with Gasteiger partial charge in [0.1, 0.15) is 5.69 Å². The highest BCUT2D eigenvalue weighted by molar-refractivity contribution is 7.13. The van der Waals surface area contributed by atoms with Gasteiger partial charge in [0.25, 0.3) is 0 Å². The van der Waals surface area contributed by atoms with Crippen LogP contribution < -0.4 is 5.32 Å². The number of hydrogen-bond acceptors (Lipinski definition) is 3. The van der Waals surface area contributed by atoms with Crippen LogP contribution in [-0.2, 0) is 6.54 Å². The zero-order chi connectivity index (χ0) is 21.2. The van der Waals surface area contributed by atoms with Crippen LogP contribution >= 0.6 is 11.3 Å². The molecule has 5 heteroatoms. The third-order valence-electron chi connectivity index (χ3n) is 5.30. The summed E-state index contributed by atoms with van der Waals surface area (Å²) in [5, 5.41) is 16.4. The molecule has 0 amide bonds. The minimum atomic E-state index is -0.915. The summed E-state index contributed by atoms with van der Waals surface area (Å²) >= 11 is 1.56. The summed E-state index contributed by atoms with van der Waals surface area (Å²) in [5.74, 6) is -0.915. The number of carboxylic acids is 1. The fourth-order valence-corrected chi connectivity index (χ4v) is 4.71. The monoisotopic (exact) mass is 424 g/mol. The van der Waals surface area contributed by atoms with Gasteiger partial charge < -0.3 is 15.0 Å². The lowest BCUT2D eigenvalue weighted by molar-refractivity contribution is 0.0687. The minimum Gasteiger partial charge on any atom is -0.477 e. The molecule has 31 heavy (non-hydrogen) atoms. The molecule has 5 rings (SSSR count). The maximum absolute atomic E-state index is 12.3. The van der Waals surface area contributed by atoms with Gasteiger partial charge in [-0.05, 0) is 47.3 Å². The highest BCUT2D eigenvalue weighted by Crippen LogP contribution is 2.38. The highest BCUT2D eigenvalue weighted by atomic mass is 32.1. The van der Waals surface area contributed by atoms with E-state index in [1.165, 1.54) is 0 Å². The zero-order valence-corrected chi connectivity index (χ0v) is 17.5. The van der Waals surface area contributed by atoms with Crippen LogP contribution in [0, 0.1) is 0 Å². The van der Waals surface area contributed by atoms with E-state index >= 15 is 0 Å². The first-order chi connectivity index (χ1) is 15.2. The standard InChI is InChI=1S/C26H20N2O2S/c29-26(30)25-24(23-11-6-16-31-23)21-9-4-5-10-22(21)28(25)17-18-12-14-20(15-13-18)27-19-7-2-1-3-8-19/h1-16,27H,17H2,(H,29,30). The minimum absolute atomic E-state index is 0.329. The smallest absolute Gasteiger partial charge is 0.353 e. The largest absolute Gasteiger partial charge is 0.477 e. The van der Waals surface area contributed by atoms with Gasteiger partial charge in [0, 0.05) is 39.3 Å². The summed E-state index contributed by atoms with van der Waals surface area (Å²) in [4.78, 5) is 13.3. The number of fused-ring (bicyclic) bond motifs is 1. The van der Waals surface area contributed by atoms with Gasteiger partial charge in [0.15, 0.2) is 0 Å². The molecule has 152 valence electrons. The van der Waals surface area contributed by atoms with Crippen molar-refractivity contribution in [3.8, 4) is 10.4 Å². The Kier molecular flexibility index (Phi) is 5.02. The number of nitrogens with one attached hydrogen (secondary N) is 1. The van der Waals surface area contributed by atoms with Gasteiger partial charge in [-0.1, -0.05) is 54.6 Å². The van der Waals surface area contributed by atoms with E-state index in [1.807, 2.05) is 101 Å². The van der Waals surface area contributed by atoms with Crippen molar-refractivity contribution in [1.82, 2.24) is 4.57 Å². The maximum Gasteiger partial charge on any atom is 0.353 e. The summed E-state index contributed by atoms with van der Waals surface area (Å²) in [6.07, 6.45) is 0. The number of carboxylic acid groups (broad SMARTS) is 1. The lowest BCUT2D eigenvalue weighted by Crippen LogP contribution is -2.10. The fourth-order valence-electron chi connectivity index (χ4n) is 3.92. The van der Waals surface area contributed by atoms with E-state index in [9.17, 15) is 9.90 Å². The topological polar surface area (TPSA) is 54.3 Å². The Labute approximate surface area is 184 Å². The van der Waals surface area contributed by atoms with Crippen LogP contribution in [0.2, 0.25) is 0 Å². The van der Waals surface area contributed by atoms with E-state index in [4.69, 9.17) is 0 Å². The fraction of sp³-hybridized carbons (Fsp3) is 0.0385. The summed E-state index contributed by atoms with van der Waals surface area (Å²) in [7, 11) is 0. The van der Waals surface area contributed by atoms with Gasteiger partial charge in [0.2, 0.25) is 0 Å². The van der Waals surface area contributed by atoms with Gasteiger partial charge in [-0.25, -0.2) is 4.79 Å². The lowest BCUT2D eigenvalue weighted by Gasteiger charge is -2.11. The highest BCUT2D eigenvalue weighted by Gasteiger charge is 2.24. The summed E-state index contributed by atoms with van der Waals surface area (Å²) in [6.45, 7) is 0.485. The van der Waals surface area contributed by atoms with Crippen LogP contribution in [0.15, 0.2) is 96.4 Å². The van der Waals surface area contributed by atoms with Crippen molar-refractivity contribution in [3.05, 3.63) is 108 Å². The average Bonchev–Trinajstić information content (AvgIpc) is 3.42. The number of rotatable bonds is 6. The molecule has 0 saturated carbocycles. The van der Waals surface area contributed by atoms with Crippen molar-refractivity contribution in [2.24, 2.45) is 0 Å². The van der Waals surface area contributed by atoms with Crippen molar-refractivity contribution in [1.29, 1.82) is 0 Å². The van der Waals surface area contributed by atoms with E-state index in [1.54, 1.807) is 11.3 Å². The summed E-state index contributed by atoms with van der Waals surface area (Å²) < 4.78 is 1.91. The molecule has 0 saturated heterocycles. The number of aromatic nitrogens is 1. The lowest BCUT2D eigenvalue weighted by atomic mass is 10.1. The Morgan fingerprint density at radius 1 is 0.839 bits per heavy atom. The molecule has 2 N–H and O–H groups in total. The van der Waals surface area contributed by atoms with Gasteiger partial charge in [-0.3, -0.25) is 0 Å². The van der Waals surface area contributed by atoms with Gasteiger partial charge in [-0.2, -0.15) is 0 Å². The molecule has 5 aromatic rings. The Balaban J connectivity index is 1.53. The first-order valence-corrected chi connectivity index (χ1v) is 10.9. The number of thiophene rings is 1. The molecule has 0 spiro atoms. The quantitative estimate of drug-likeness (QED) is 0.313. The average molecular weight is 425 g/mol. The molecular weight excluding hydrogens is 404 g/mol. The second-order valence-electron chi connectivity index (χ2n) is 7.30. The molecule has 2 heterocycles. The van der Waals surface area contributed by atoms with Gasteiger partial charge in [0.05, 0.1) is 0 Å². The first kappa shape index (κ1) is 19.2. The molecular formula is C26H20N2O2S. The number of nitrogens with zero attached hydrogens (tertiary/aromatic N) is 1. The molecule has 0 aliphatic heterocycles. The molecule has 4 nitrogen and oxygen atoms in total. The third-order valence-corrected chi connectivity index (χ3v) is 6.19. The third kappa shape index (κ3) is 3.71. The van der Waals surface area contributed by atoms with Crippen LogP contribution in [-0.4, -0.2) is 15.6 Å². The van der Waals surface area contributed by atoms with Gasteiger partial charge in [-0.15, -0.1) is 11.3 Å². The molecule has 0 radical (unpaired) electrons. The van der Waals surface area contributed by atoms with Crippen molar-refractivity contribution >= 4 is 39.6 Å². The molecule has 0 aliphatic carbocycles. The number of para-hydroxylation sites is 2. The van der Waals surface area contributed by atoms with Crippen molar-refractivity contribution in [3.63, 3.8) is 0 Å². The SMILES string of the molecule is O=C(O)c1c(-c2cccs2)c2ccccc2n1Cc1ccc(Nc2ccccc2)cc1. The normalized spacial score (nSPS) is 11.0. The Morgan fingerprint density at radius 3 is 2.26 bits per heavy atom. The van der Waals surface area contributed by atoms with E-state index < -0.39 is 5.97 Å². The van der Waals surface area contributed by atoms with Crippen LogP contribution in [0.25, 0.3) is 21.3 Å². The number of anilines is 2. The molecule has 3 aromatic carbocycles. The number of benzene rings is 3. The van der Waals surface area contributed by atoms with Crippen LogP contribution in [0.1, 0.15) is 16.1 Å². The van der Waals surface area contributed by atoms with E-state index in [0.29, 0.717) is 12.2 Å². The Bertz CT molecular complexity index is 1340. The molecule has 0 unspecified atom stereocenters. The predicted molar refractivity (Wildman–Crippen MR) is 127 cm³/mol. The predicted octanol–water partition coefficient (Wildman–Crippen LogP) is 6.86. The van der Waals surface area contributed by atoms with Crippen molar-refractivity contribution in [2.75, 3.05) is 5.32 Å². The number of hydrogen-bond donors (Lipinski definition) is 2. The Morgan fingerprint density at radius 2 is 1.55 bits per heavy atom. The molecule has 0 bridgehead atoms. The van der Waals surface area contributed by atoms with Crippen LogP contribution in [0.5, 0.6) is 0 Å². The van der Waals surface area contributed by atoms with Crippen LogP contribution in [0.3, 0.4) is 0 Å². The number of aromatic carboxylic acids is 1.